The van der Waals surface area contributed by atoms with E-state index in [4.69, 9.17) is 14.3 Å². The predicted molar refractivity (Wildman–Crippen MR) is 127 cm³/mol. The van der Waals surface area contributed by atoms with Crippen LogP contribution in [0.2, 0.25) is 0 Å². The molecule has 2 saturated carbocycles. The van der Waals surface area contributed by atoms with Gasteiger partial charge in [-0.25, -0.2) is 0 Å². The number of nitrogens with zero attached hydrogens (tertiary/aromatic N) is 2. The van der Waals surface area contributed by atoms with E-state index in [1.807, 2.05) is 0 Å². The molecule has 2 heterocycles. The first-order chi connectivity index (χ1) is 16.6. The van der Waals surface area contributed by atoms with Crippen molar-refractivity contribution < 1.29 is 29.1 Å². The second kappa shape index (κ2) is 8.80. The van der Waals surface area contributed by atoms with Crippen LogP contribution in [0, 0.1) is 33.8 Å². The van der Waals surface area contributed by atoms with Crippen molar-refractivity contribution in [3.8, 4) is 0 Å². The molecule has 1 aromatic rings. The number of carbonyl (C=O) groups is 1. The standard InChI is InChI=1S/C26H36N2O7/c1-15(2)18-10-9-16(3)11-22(18)35-24-26(30)12-17(14-34-24)21(28(31)32)13-25(26)19-7-5-6-8-20(19)27(33-4)23(25)29/h5-8,15-18,21-22,24,30H,9-14H2,1-4H3/t16-,17?,18+,21-,22-,24-,25?,26+/m1/s1. The van der Waals surface area contributed by atoms with Crippen molar-refractivity contribution in [2.45, 2.75) is 82.3 Å². The number of rotatable bonds is 5. The molecule has 9 heteroatoms. The molecule has 4 aliphatic rings. The first-order valence-corrected chi connectivity index (χ1v) is 12.7. The lowest BCUT2D eigenvalue weighted by atomic mass is 9.55. The molecule has 5 rings (SSSR count). The number of hydrogen-bond acceptors (Lipinski definition) is 7. The molecule has 2 aliphatic heterocycles. The van der Waals surface area contributed by atoms with Crippen LogP contribution in [-0.4, -0.2) is 53.7 Å². The molecular weight excluding hydrogens is 452 g/mol. The van der Waals surface area contributed by atoms with E-state index < -0.39 is 35.2 Å². The quantitative estimate of drug-likeness (QED) is 0.499. The van der Waals surface area contributed by atoms with Gasteiger partial charge in [0, 0.05) is 11.3 Å². The highest BCUT2D eigenvalue weighted by Gasteiger charge is 2.74. The first-order valence-electron chi connectivity index (χ1n) is 12.7. The van der Waals surface area contributed by atoms with Gasteiger partial charge in [0.2, 0.25) is 6.04 Å². The first kappa shape index (κ1) is 24.6. The zero-order valence-electron chi connectivity index (χ0n) is 20.9. The van der Waals surface area contributed by atoms with Crippen LogP contribution in [0.1, 0.15) is 58.4 Å². The Hall–Kier alpha value is -2.07. The normalized spacial score (nSPS) is 40.9. The Morgan fingerprint density at radius 1 is 1.26 bits per heavy atom. The van der Waals surface area contributed by atoms with E-state index in [2.05, 4.69) is 20.8 Å². The maximum absolute atomic E-state index is 14.0. The Morgan fingerprint density at radius 3 is 2.69 bits per heavy atom. The van der Waals surface area contributed by atoms with Crippen molar-refractivity contribution in [2.24, 2.45) is 23.7 Å². The number of anilines is 1. The summed E-state index contributed by atoms with van der Waals surface area (Å²) in [6, 6.07) is 6.02. The summed E-state index contributed by atoms with van der Waals surface area (Å²) in [5.74, 6) is 0.173. The SMILES string of the molecule is CON1C(=O)C2(C[C@@H]([N+](=O)[O-])C3CO[C@H](O[C@@H]4C[C@H](C)CC[C@H]4C(C)C)[C@@]2(O)C3)c2ccccc21. The van der Waals surface area contributed by atoms with E-state index in [1.165, 1.54) is 7.11 Å². The zero-order chi connectivity index (χ0) is 25.1. The highest BCUT2D eigenvalue weighted by molar-refractivity contribution is 6.08. The number of hydrogen-bond donors (Lipinski definition) is 1. The maximum Gasteiger partial charge on any atom is 0.265 e. The number of nitro groups is 1. The molecule has 1 spiro atoms. The van der Waals surface area contributed by atoms with Crippen molar-refractivity contribution in [1.29, 1.82) is 0 Å². The van der Waals surface area contributed by atoms with Crippen molar-refractivity contribution in [3.63, 3.8) is 0 Å². The van der Waals surface area contributed by atoms with Crippen molar-refractivity contribution >= 4 is 11.6 Å². The summed E-state index contributed by atoms with van der Waals surface area (Å²) in [6.45, 7) is 6.68. The molecule has 192 valence electrons. The Bertz CT molecular complexity index is 1000. The molecule has 1 aromatic carbocycles. The summed E-state index contributed by atoms with van der Waals surface area (Å²) >= 11 is 0. The van der Waals surface area contributed by atoms with Crippen molar-refractivity contribution in [3.05, 3.63) is 39.9 Å². The van der Waals surface area contributed by atoms with Crippen LogP contribution in [0.25, 0.3) is 0 Å². The van der Waals surface area contributed by atoms with Gasteiger partial charge in [-0.3, -0.25) is 19.7 Å². The van der Waals surface area contributed by atoms with Crippen molar-refractivity contribution in [1.82, 2.24) is 0 Å². The molecule has 2 aliphatic carbocycles. The second-order valence-corrected chi connectivity index (χ2v) is 11.3. The van der Waals surface area contributed by atoms with Gasteiger partial charge in [-0.15, -0.1) is 0 Å². The van der Waals surface area contributed by atoms with Gasteiger partial charge in [0.25, 0.3) is 5.91 Å². The second-order valence-electron chi connectivity index (χ2n) is 11.3. The number of ether oxygens (including phenoxy) is 2. The number of benzene rings is 1. The van der Waals surface area contributed by atoms with Gasteiger partial charge in [0.15, 0.2) is 6.29 Å². The van der Waals surface area contributed by atoms with E-state index in [-0.39, 0.29) is 30.5 Å². The molecule has 8 atom stereocenters. The third-order valence-corrected chi connectivity index (χ3v) is 9.07. The number of hydroxylamine groups is 1. The number of para-hydroxylation sites is 1. The van der Waals surface area contributed by atoms with Crippen LogP contribution in [0.4, 0.5) is 5.69 Å². The fourth-order valence-electron chi connectivity index (χ4n) is 7.22. The van der Waals surface area contributed by atoms with Gasteiger partial charge >= 0.3 is 0 Å². The summed E-state index contributed by atoms with van der Waals surface area (Å²) in [7, 11) is 1.39. The Balaban J connectivity index is 1.60. The largest absolute Gasteiger partial charge is 0.383 e. The minimum absolute atomic E-state index is 0.0512. The van der Waals surface area contributed by atoms with Crippen LogP contribution >= 0.6 is 0 Å². The number of carbonyl (C=O) groups excluding carboxylic acids is 1. The van der Waals surface area contributed by atoms with E-state index in [9.17, 15) is 20.0 Å². The molecule has 3 fully saturated rings. The van der Waals surface area contributed by atoms with Crippen molar-refractivity contribution in [2.75, 3.05) is 18.8 Å². The topological polar surface area (TPSA) is 111 Å². The zero-order valence-corrected chi connectivity index (χ0v) is 20.9. The molecule has 2 bridgehead atoms. The third kappa shape index (κ3) is 3.54. The molecule has 2 unspecified atom stereocenters. The fraction of sp³-hybridized carbons (Fsp3) is 0.731. The van der Waals surface area contributed by atoms with Crippen LogP contribution in [0.5, 0.6) is 0 Å². The molecule has 1 saturated heterocycles. The summed E-state index contributed by atoms with van der Waals surface area (Å²) in [4.78, 5) is 31.2. The molecular formula is C26H36N2O7. The number of fused-ring (bicyclic) bond motifs is 5. The van der Waals surface area contributed by atoms with Gasteiger partial charge in [0.05, 0.1) is 31.4 Å². The lowest BCUT2D eigenvalue weighted by molar-refractivity contribution is -0.547. The summed E-state index contributed by atoms with van der Waals surface area (Å²) < 4.78 is 12.8. The Kier molecular flexibility index (Phi) is 6.19. The summed E-state index contributed by atoms with van der Waals surface area (Å²) in [5.41, 5.74) is -2.36. The van der Waals surface area contributed by atoms with E-state index >= 15 is 0 Å². The van der Waals surface area contributed by atoms with Crippen LogP contribution in [-0.2, 0) is 24.5 Å². The maximum atomic E-state index is 14.0. The molecule has 1 amide bonds. The Morgan fingerprint density at radius 2 is 2.00 bits per heavy atom. The van der Waals surface area contributed by atoms with E-state index in [0.717, 1.165) is 24.3 Å². The minimum atomic E-state index is -1.77. The van der Waals surface area contributed by atoms with Gasteiger partial charge in [-0.1, -0.05) is 45.4 Å². The average Bonchev–Trinajstić information content (AvgIpc) is 3.06. The lowest BCUT2D eigenvalue weighted by Crippen LogP contribution is -2.72. The van der Waals surface area contributed by atoms with Gasteiger partial charge in [-0.05, 0) is 48.6 Å². The molecule has 1 N–H and O–H groups in total. The van der Waals surface area contributed by atoms with Crippen LogP contribution in [0.3, 0.4) is 0 Å². The monoisotopic (exact) mass is 488 g/mol. The summed E-state index contributed by atoms with van der Waals surface area (Å²) in [6.07, 6.45) is 1.73. The lowest BCUT2D eigenvalue weighted by Gasteiger charge is -2.56. The molecule has 0 radical (unpaired) electrons. The van der Waals surface area contributed by atoms with Gasteiger partial charge in [-0.2, -0.15) is 5.06 Å². The minimum Gasteiger partial charge on any atom is -0.383 e. The van der Waals surface area contributed by atoms with E-state index in [0.29, 0.717) is 29.0 Å². The Labute approximate surface area is 205 Å². The average molecular weight is 489 g/mol. The van der Waals surface area contributed by atoms with Crippen LogP contribution < -0.4 is 5.06 Å². The fourth-order valence-corrected chi connectivity index (χ4v) is 7.22. The van der Waals surface area contributed by atoms with Crippen LogP contribution in [0.15, 0.2) is 24.3 Å². The van der Waals surface area contributed by atoms with Gasteiger partial charge in [0.1, 0.15) is 11.0 Å². The number of amides is 1. The third-order valence-electron chi connectivity index (χ3n) is 9.07. The van der Waals surface area contributed by atoms with Gasteiger partial charge < -0.3 is 14.6 Å². The predicted octanol–water partition coefficient (Wildman–Crippen LogP) is 3.45. The molecule has 0 aromatic heterocycles. The smallest absolute Gasteiger partial charge is 0.265 e. The molecule has 35 heavy (non-hydrogen) atoms. The number of aliphatic hydroxyl groups is 1. The molecule has 9 nitrogen and oxygen atoms in total. The highest BCUT2D eigenvalue weighted by atomic mass is 16.7. The highest BCUT2D eigenvalue weighted by Crippen LogP contribution is 2.59. The van der Waals surface area contributed by atoms with E-state index in [1.54, 1.807) is 24.3 Å². The summed E-state index contributed by atoms with van der Waals surface area (Å²) in [5, 5.41) is 25.7.